The van der Waals surface area contributed by atoms with Crippen LogP contribution >= 0.6 is 0 Å². The second-order valence-corrected chi connectivity index (χ2v) is 5.35. The van der Waals surface area contributed by atoms with E-state index in [1.807, 2.05) is 6.08 Å². The predicted molar refractivity (Wildman–Crippen MR) is 85.5 cm³/mol. The fourth-order valence-corrected chi connectivity index (χ4v) is 2.41. The van der Waals surface area contributed by atoms with E-state index in [0.717, 1.165) is 13.0 Å². The fourth-order valence-electron chi connectivity index (χ4n) is 2.41. The van der Waals surface area contributed by atoms with Crippen molar-refractivity contribution in [2.24, 2.45) is 0 Å². The Labute approximate surface area is 119 Å². The minimum atomic E-state index is 0.517. The maximum atomic E-state index is 3.78. The summed E-state index contributed by atoms with van der Waals surface area (Å²) in [7, 11) is 0. The molecule has 0 aliphatic heterocycles. The van der Waals surface area contributed by atoms with Crippen molar-refractivity contribution in [3.63, 3.8) is 0 Å². The van der Waals surface area contributed by atoms with E-state index in [4.69, 9.17) is 0 Å². The maximum Gasteiger partial charge on any atom is 0.0320 e. The molecule has 0 saturated carbocycles. The first-order valence-corrected chi connectivity index (χ1v) is 7.68. The molecule has 0 bridgehead atoms. The monoisotopic (exact) mass is 259 g/mol. The summed E-state index contributed by atoms with van der Waals surface area (Å²) in [4.78, 5) is 0. The third kappa shape index (κ3) is 6.58. The number of unbranched alkanes of at least 4 members (excludes halogenated alkanes) is 3. The Kier molecular flexibility index (Phi) is 8.24. The highest BCUT2D eigenvalue weighted by atomic mass is 14.9. The van der Waals surface area contributed by atoms with Gasteiger partial charge in [0.25, 0.3) is 0 Å². The van der Waals surface area contributed by atoms with Gasteiger partial charge >= 0.3 is 0 Å². The maximum absolute atomic E-state index is 3.78. The molecule has 0 aromatic heterocycles. The minimum Gasteiger partial charge on any atom is -0.310 e. The van der Waals surface area contributed by atoms with Crippen molar-refractivity contribution < 1.29 is 0 Å². The Bertz CT molecular complexity index is 356. The normalized spacial score (nSPS) is 12.3. The van der Waals surface area contributed by atoms with Gasteiger partial charge in [0.05, 0.1) is 0 Å². The van der Waals surface area contributed by atoms with Crippen molar-refractivity contribution in [1.82, 2.24) is 5.32 Å². The number of hydrogen-bond donors (Lipinski definition) is 1. The average molecular weight is 259 g/mol. The van der Waals surface area contributed by atoms with Crippen molar-refractivity contribution in [2.75, 3.05) is 6.54 Å². The lowest BCUT2D eigenvalue weighted by Crippen LogP contribution is -2.22. The van der Waals surface area contributed by atoms with E-state index in [1.165, 1.54) is 43.2 Å². The van der Waals surface area contributed by atoms with E-state index < -0.39 is 0 Å². The molecule has 1 nitrogen and oxygen atoms in total. The highest BCUT2D eigenvalue weighted by Gasteiger charge is 2.10. The lowest BCUT2D eigenvalue weighted by atomic mass is 9.98. The van der Waals surface area contributed by atoms with Crippen LogP contribution in [0.4, 0.5) is 0 Å². The van der Waals surface area contributed by atoms with Gasteiger partial charge in [-0.3, -0.25) is 0 Å². The van der Waals surface area contributed by atoms with Crippen LogP contribution in [0.5, 0.6) is 0 Å². The van der Waals surface area contributed by atoms with Gasteiger partial charge in [-0.05, 0) is 44.7 Å². The Balaban J connectivity index is 2.49. The molecule has 19 heavy (non-hydrogen) atoms. The number of hydrogen-bond acceptors (Lipinski definition) is 1. The molecule has 0 radical (unpaired) electrons. The van der Waals surface area contributed by atoms with Gasteiger partial charge in [-0.1, -0.05) is 55.7 Å². The first-order chi connectivity index (χ1) is 9.27. The van der Waals surface area contributed by atoms with Gasteiger partial charge in [-0.2, -0.15) is 0 Å². The van der Waals surface area contributed by atoms with Gasteiger partial charge in [0.2, 0.25) is 0 Å². The zero-order valence-electron chi connectivity index (χ0n) is 12.6. The first kappa shape index (κ1) is 16.0. The van der Waals surface area contributed by atoms with Gasteiger partial charge in [0, 0.05) is 6.04 Å². The summed E-state index contributed by atoms with van der Waals surface area (Å²) >= 11 is 0. The molecule has 106 valence electrons. The van der Waals surface area contributed by atoms with Crippen molar-refractivity contribution >= 4 is 0 Å². The SMILES string of the molecule is C=CCCCCCC(NCCC)c1cccc(C)c1. The van der Waals surface area contributed by atoms with Gasteiger partial charge in [-0.25, -0.2) is 0 Å². The van der Waals surface area contributed by atoms with E-state index in [0.29, 0.717) is 6.04 Å². The lowest BCUT2D eigenvalue weighted by molar-refractivity contribution is 0.472. The lowest BCUT2D eigenvalue weighted by Gasteiger charge is -2.19. The molecule has 0 saturated heterocycles. The summed E-state index contributed by atoms with van der Waals surface area (Å²) in [6, 6.07) is 9.43. The van der Waals surface area contributed by atoms with Crippen LogP contribution in [0.1, 0.15) is 62.6 Å². The van der Waals surface area contributed by atoms with Gasteiger partial charge in [0.1, 0.15) is 0 Å². The van der Waals surface area contributed by atoms with E-state index in [-0.39, 0.29) is 0 Å². The van der Waals surface area contributed by atoms with Crippen molar-refractivity contribution in [3.05, 3.63) is 48.0 Å². The highest BCUT2D eigenvalue weighted by Crippen LogP contribution is 2.21. The number of allylic oxidation sites excluding steroid dienone is 1. The molecule has 0 aliphatic carbocycles. The van der Waals surface area contributed by atoms with Crippen molar-refractivity contribution in [1.29, 1.82) is 0 Å². The molecule has 1 atom stereocenters. The highest BCUT2D eigenvalue weighted by molar-refractivity contribution is 5.25. The van der Waals surface area contributed by atoms with Crippen LogP contribution in [0.3, 0.4) is 0 Å². The second kappa shape index (κ2) is 9.80. The molecule has 0 spiro atoms. The Morgan fingerprint density at radius 2 is 2.11 bits per heavy atom. The molecule has 0 aliphatic rings. The number of benzene rings is 1. The fraction of sp³-hybridized carbons (Fsp3) is 0.556. The van der Waals surface area contributed by atoms with E-state index in [1.54, 1.807) is 0 Å². The van der Waals surface area contributed by atoms with Gasteiger partial charge < -0.3 is 5.32 Å². The molecule has 1 N–H and O–H groups in total. The molecule has 1 unspecified atom stereocenters. The Hall–Kier alpha value is -1.08. The Morgan fingerprint density at radius 1 is 1.26 bits per heavy atom. The van der Waals surface area contributed by atoms with Crippen LogP contribution in [-0.4, -0.2) is 6.54 Å². The summed E-state index contributed by atoms with van der Waals surface area (Å²) < 4.78 is 0. The standard InChI is InChI=1S/C18H29N/c1-4-6-7-8-9-13-18(19-14-5-2)17-12-10-11-16(3)15-17/h4,10-12,15,18-19H,1,5-9,13-14H2,2-3H3. The second-order valence-electron chi connectivity index (χ2n) is 5.35. The molecule has 0 amide bonds. The molecule has 1 aromatic carbocycles. The molecule has 1 rings (SSSR count). The summed E-state index contributed by atoms with van der Waals surface area (Å²) in [5.74, 6) is 0. The largest absolute Gasteiger partial charge is 0.310 e. The number of aryl methyl sites for hydroxylation is 1. The summed E-state index contributed by atoms with van der Waals surface area (Å²) in [6.07, 6.45) is 9.48. The van der Waals surface area contributed by atoms with Crippen LogP contribution in [-0.2, 0) is 0 Å². The third-order valence-electron chi connectivity index (χ3n) is 3.49. The quantitative estimate of drug-likeness (QED) is 0.451. The summed E-state index contributed by atoms with van der Waals surface area (Å²) in [5, 5.41) is 3.68. The average Bonchev–Trinajstić information content (AvgIpc) is 2.42. The van der Waals surface area contributed by atoms with Crippen molar-refractivity contribution in [3.8, 4) is 0 Å². The van der Waals surface area contributed by atoms with Crippen LogP contribution in [0.15, 0.2) is 36.9 Å². The third-order valence-corrected chi connectivity index (χ3v) is 3.49. The zero-order valence-corrected chi connectivity index (χ0v) is 12.6. The smallest absolute Gasteiger partial charge is 0.0320 e. The van der Waals surface area contributed by atoms with E-state index in [9.17, 15) is 0 Å². The summed E-state index contributed by atoms with van der Waals surface area (Å²) in [6.45, 7) is 9.28. The number of nitrogens with one attached hydrogen (secondary N) is 1. The number of rotatable bonds is 10. The van der Waals surface area contributed by atoms with Crippen LogP contribution in [0, 0.1) is 6.92 Å². The minimum absolute atomic E-state index is 0.517. The van der Waals surface area contributed by atoms with Crippen LogP contribution in [0.25, 0.3) is 0 Å². The first-order valence-electron chi connectivity index (χ1n) is 7.68. The molecule has 0 fully saturated rings. The molecular weight excluding hydrogens is 230 g/mol. The van der Waals surface area contributed by atoms with E-state index in [2.05, 4.69) is 50.0 Å². The van der Waals surface area contributed by atoms with Crippen molar-refractivity contribution in [2.45, 2.75) is 58.4 Å². The van der Waals surface area contributed by atoms with Gasteiger partial charge in [0.15, 0.2) is 0 Å². The van der Waals surface area contributed by atoms with Crippen LogP contribution in [0.2, 0.25) is 0 Å². The van der Waals surface area contributed by atoms with E-state index >= 15 is 0 Å². The summed E-state index contributed by atoms with van der Waals surface area (Å²) in [5.41, 5.74) is 2.80. The molecule has 0 heterocycles. The van der Waals surface area contributed by atoms with Gasteiger partial charge in [-0.15, -0.1) is 6.58 Å². The topological polar surface area (TPSA) is 12.0 Å². The molecule has 1 heteroatoms. The molecule has 1 aromatic rings. The Morgan fingerprint density at radius 3 is 2.79 bits per heavy atom. The zero-order chi connectivity index (χ0) is 13.9. The predicted octanol–water partition coefficient (Wildman–Crippen LogP) is 5.17. The molecular formula is C18H29N. The van der Waals surface area contributed by atoms with Crippen LogP contribution < -0.4 is 5.32 Å².